The summed E-state index contributed by atoms with van der Waals surface area (Å²) in [4.78, 5) is 28.4. The maximum Gasteiger partial charge on any atom is 0.416 e. The smallest absolute Gasteiger partial charge is 0.416 e. The summed E-state index contributed by atoms with van der Waals surface area (Å²) in [7, 11) is 0. The second kappa shape index (κ2) is 9.88. The number of esters is 1. The molecule has 0 aromatic heterocycles. The van der Waals surface area contributed by atoms with Crippen LogP contribution in [0.4, 0.5) is 18.9 Å². The Labute approximate surface area is 176 Å². The number of hydrogen-bond donors (Lipinski definition) is 0. The van der Waals surface area contributed by atoms with Crippen molar-refractivity contribution < 1.29 is 27.5 Å². The second-order valence-corrected chi connectivity index (χ2v) is 7.73. The molecule has 0 N–H and O–H groups in total. The summed E-state index contributed by atoms with van der Waals surface area (Å²) in [5.41, 5.74) is -0.222. The Morgan fingerprint density at radius 1 is 0.967 bits per heavy atom. The van der Waals surface area contributed by atoms with E-state index in [0.717, 1.165) is 17.0 Å². The lowest BCUT2D eigenvalue weighted by atomic mass is 10.1. The van der Waals surface area contributed by atoms with Crippen LogP contribution in [0.15, 0.2) is 59.5 Å². The topological polar surface area (TPSA) is 49.9 Å². The molecule has 1 aliphatic rings. The number of anilines is 1. The lowest BCUT2D eigenvalue weighted by Gasteiger charge is -2.36. The van der Waals surface area contributed by atoms with Crippen LogP contribution in [0.1, 0.15) is 5.56 Å². The van der Waals surface area contributed by atoms with Crippen molar-refractivity contribution in [3.8, 4) is 0 Å². The van der Waals surface area contributed by atoms with Crippen molar-refractivity contribution in [2.24, 2.45) is 0 Å². The molecule has 0 atom stereocenters. The molecule has 9 heteroatoms. The molecule has 30 heavy (non-hydrogen) atoms. The molecule has 1 fully saturated rings. The van der Waals surface area contributed by atoms with Crippen molar-refractivity contribution in [2.75, 3.05) is 43.4 Å². The van der Waals surface area contributed by atoms with Gasteiger partial charge in [-0.2, -0.15) is 13.2 Å². The van der Waals surface area contributed by atoms with Gasteiger partial charge in [0.05, 0.1) is 11.3 Å². The Balaban J connectivity index is 1.42. The summed E-state index contributed by atoms with van der Waals surface area (Å²) in [6.07, 6.45) is -4.39. The Morgan fingerprint density at radius 3 is 2.33 bits per heavy atom. The third-order valence-electron chi connectivity index (χ3n) is 4.63. The van der Waals surface area contributed by atoms with Gasteiger partial charge in [0, 0.05) is 36.8 Å². The minimum absolute atomic E-state index is 0.112. The molecule has 0 bridgehead atoms. The van der Waals surface area contributed by atoms with Crippen molar-refractivity contribution in [3.05, 3.63) is 60.2 Å². The first-order valence-electron chi connectivity index (χ1n) is 9.36. The zero-order chi connectivity index (χ0) is 21.6. The first kappa shape index (κ1) is 22.0. The van der Waals surface area contributed by atoms with Gasteiger partial charge in [-0.05, 0) is 30.3 Å². The van der Waals surface area contributed by atoms with E-state index in [1.54, 1.807) is 11.0 Å². The van der Waals surface area contributed by atoms with Crippen LogP contribution in [0.3, 0.4) is 0 Å². The zero-order valence-corrected chi connectivity index (χ0v) is 16.9. The van der Waals surface area contributed by atoms with Gasteiger partial charge in [0.1, 0.15) is 0 Å². The highest BCUT2D eigenvalue weighted by Crippen LogP contribution is 2.31. The lowest BCUT2D eigenvalue weighted by molar-refractivity contribution is -0.150. The summed E-state index contributed by atoms with van der Waals surface area (Å²) >= 11 is 1.33. The monoisotopic (exact) mass is 438 g/mol. The number of amides is 1. The van der Waals surface area contributed by atoms with Gasteiger partial charge in [-0.1, -0.05) is 24.3 Å². The highest BCUT2D eigenvalue weighted by molar-refractivity contribution is 8.00. The molecule has 3 rings (SSSR count). The molecule has 1 saturated heterocycles. The van der Waals surface area contributed by atoms with Crippen molar-refractivity contribution in [1.29, 1.82) is 0 Å². The Hall–Kier alpha value is -2.68. The minimum atomic E-state index is -4.39. The first-order valence-corrected chi connectivity index (χ1v) is 10.3. The van der Waals surface area contributed by atoms with Crippen LogP contribution in [0.25, 0.3) is 0 Å². The normalized spacial score (nSPS) is 14.5. The number of thioether (sulfide) groups is 1. The molecule has 2 aromatic rings. The highest BCUT2D eigenvalue weighted by atomic mass is 32.2. The number of carbonyl (C=O) groups is 2. The maximum atomic E-state index is 12.9. The summed E-state index contributed by atoms with van der Waals surface area (Å²) in [5, 5.41) is 0. The Morgan fingerprint density at radius 2 is 1.67 bits per heavy atom. The molecule has 1 heterocycles. The quantitative estimate of drug-likeness (QED) is 0.509. The van der Waals surface area contributed by atoms with Crippen LogP contribution in [0.5, 0.6) is 0 Å². The van der Waals surface area contributed by atoms with E-state index in [2.05, 4.69) is 0 Å². The fourth-order valence-corrected chi connectivity index (χ4v) is 3.74. The number of piperazine rings is 1. The summed E-state index contributed by atoms with van der Waals surface area (Å²) in [6, 6.07) is 14.5. The number of benzene rings is 2. The molecule has 0 spiro atoms. The van der Waals surface area contributed by atoms with Crippen LogP contribution in [0, 0.1) is 0 Å². The molecule has 160 valence electrons. The van der Waals surface area contributed by atoms with Gasteiger partial charge in [-0.25, -0.2) is 0 Å². The van der Waals surface area contributed by atoms with Crippen molar-refractivity contribution >= 4 is 29.3 Å². The molecular formula is C21H21F3N2O3S. The maximum absolute atomic E-state index is 12.9. The van der Waals surface area contributed by atoms with Gasteiger partial charge in [0.2, 0.25) is 0 Å². The van der Waals surface area contributed by atoms with Crippen LogP contribution in [-0.4, -0.2) is 55.3 Å². The van der Waals surface area contributed by atoms with Gasteiger partial charge in [-0.15, -0.1) is 11.8 Å². The average Bonchev–Trinajstić information content (AvgIpc) is 2.76. The SMILES string of the molecule is O=C(CSc1ccccc1)OCC(=O)N1CCN(c2cccc(C(F)(F)F)c2)CC1. The van der Waals surface area contributed by atoms with Crippen LogP contribution >= 0.6 is 11.8 Å². The molecule has 2 aromatic carbocycles. The van der Waals surface area contributed by atoms with Crippen LogP contribution in [0.2, 0.25) is 0 Å². The third kappa shape index (κ3) is 6.16. The third-order valence-corrected chi connectivity index (χ3v) is 5.61. The summed E-state index contributed by atoms with van der Waals surface area (Å²) in [5.74, 6) is -0.669. The molecular weight excluding hydrogens is 417 g/mol. The predicted octanol–water partition coefficient (Wildman–Crippen LogP) is 3.69. The zero-order valence-electron chi connectivity index (χ0n) is 16.1. The van der Waals surface area contributed by atoms with Gasteiger partial charge in [0.15, 0.2) is 6.61 Å². The van der Waals surface area contributed by atoms with Gasteiger partial charge < -0.3 is 14.5 Å². The van der Waals surface area contributed by atoms with E-state index in [1.807, 2.05) is 35.2 Å². The summed E-state index contributed by atoms with van der Waals surface area (Å²) in [6.45, 7) is 1.18. The number of halogens is 3. The largest absolute Gasteiger partial charge is 0.455 e. The molecule has 0 unspecified atom stereocenters. The van der Waals surface area contributed by atoms with Gasteiger partial charge in [0.25, 0.3) is 5.91 Å². The predicted molar refractivity (Wildman–Crippen MR) is 108 cm³/mol. The van der Waals surface area contributed by atoms with E-state index in [-0.39, 0.29) is 18.3 Å². The number of alkyl halides is 3. The fourth-order valence-electron chi connectivity index (χ4n) is 3.03. The number of ether oxygens (including phenoxy) is 1. The van der Waals surface area contributed by atoms with Crippen LogP contribution < -0.4 is 4.90 Å². The lowest BCUT2D eigenvalue weighted by Crippen LogP contribution is -2.50. The van der Waals surface area contributed by atoms with Crippen molar-refractivity contribution in [1.82, 2.24) is 4.90 Å². The fraction of sp³-hybridized carbons (Fsp3) is 0.333. The average molecular weight is 438 g/mol. The molecule has 1 amide bonds. The molecule has 5 nitrogen and oxygen atoms in total. The Kier molecular flexibility index (Phi) is 7.25. The van der Waals surface area contributed by atoms with Crippen molar-refractivity contribution in [2.45, 2.75) is 11.1 Å². The number of hydrogen-bond acceptors (Lipinski definition) is 5. The summed E-state index contributed by atoms with van der Waals surface area (Å²) < 4.78 is 43.7. The molecule has 0 aliphatic carbocycles. The minimum Gasteiger partial charge on any atom is -0.455 e. The van der Waals surface area contributed by atoms with E-state index < -0.39 is 17.7 Å². The van der Waals surface area contributed by atoms with Crippen LogP contribution in [-0.2, 0) is 20.5 Å². The van der Waals surface area contributed by atoms with Gasteiger partial charge >= 0.3 is 12.1 Å². The molecule has 0 saturated carbocycles. The van der Waals surface area contributed by atoms with E-state index in [9.17, 15) is 22.8 Å². The standard InChI is InChI=1S/C21H21F3N2O3S/c22-21(23,24)16-5-4-6-17(13-16)25-9-11-26(12-10-25)19(27)14-29-20(28)15-30-18-7-2-1-3-8-18/h1-8,13H,9-12,14-15H2. The van der Waals surface area contributed by atoms with E-state index >= 15 is 0 Å². The highest BCUT2D eigenvalue weighted by Gasteiger charge is 2.31. The van der Waals surface area contributed by atoms with Crippen molar-refractivity contribution in [3.63, 3.8) is 0 Å². The molecule has 0 radical (unpaired) electrons. The van der Waals surface area contributed by atoms with E-state index in [1.165, 1.54) is 17.8 Å². The number of carbonyl (C=O) groups excluding carboxylic acids is 2. The second-order valence-electron chi connectivity index (χ2n) is 6.68. The Bertz CT molecular complexity index is 869. The number of nitrogens with zero attached hydrogens (tertiary/aromatic N) is 2. The molecule has 1 aliphatic heterocycles. The number of rotatable bonds is 6. The first-order chi connectivity index (χ1) is 14.3. The van der Waals surface area contributed by atoms with E-state index in [0.29, 0.717) is 31.9 Å². The van der Waals surface area contributed by atoms with E-state index in [4.69, 9.17) is 4.74 Å². The van der Waals surface area contributed by atoms with Gasteiger partial charge in [-0.3, -0.25) is 9.59 Å².